The number of unbranched alkanes of at least 4 members (excludes halogenated alkanes) is 1. The third-order valence-corrected chi connectivity index (χ3v) is 4.51. The predicted octanol–water partition coefficient (Wildman–Crippen LogP) is 3.69. The maximum atomic E-state index is 12.8. The van der Waals surface area contributed by atoms with Crippen molar-refractivity contribution in [2.75, 3.05) is 26.2 Å². The Kier molecular flexibility index (Phi) is 14.7. The standard InChI is InChI=1S/C19H30FN3O.2ClH/c20-17-10-8-16(9-11-17)19(24)23-13-5-4-12-21-14-15-22-18-6-2-1-3-7-18;;/h8-11,18,21-22H,1-7,12-15H2,(H,23,24);2*1H. The van der Waals surface area contributed by atoms with Gasteiger partial charge < -0.3 is 16.0 Å². The minimum absolute atomic E-state index is 0. The van der Waals surface area contributed by atoms with E-state index in [0.717, 1.165) is 38.5 Å². The van der Waals surface area contributed by atoms with Crippen LogP contribution in [0.15, 0.2) is 24.3 Å². The van der Waals surface area contributed by atoms with Crippen LogP contribution in [0, 0.1) is 5.82 Å². The fourth-order valence-corrected chi connectivity index (χ4v) is 3.08. The molecule has 150 valence electrons. The van der Waals surface area contributed by atoms with Crippen LogP contribution in [0.25, 0.3) is 0 Å². The lowest BCUT2D eigenvalue weighted by atomic mass is 9.95. The first kappa shape index (κ1) is 25.1. The van der Waals surface area contributed by atoms with Crippen LogP contribution >= 0.6 is 24.8 Å². The summed E-state index contributed by atoms with van der Waals surface area (Å²) in [7, 11) is 0. The van der Waals surface area contributed by atoms with Crippen LogP contribution in [-0.2, 0) is 0 Å². The molecule has 1 amide bonds. The molecule has 1 fully saturated rings. The highest BCUT2D eigenvalue weighted by atomic mass is 35.5. The molecule has 0 unspecified atom stereocenters. The minimum Gasteiger partial charge on any atom is -0.352 e. The molecular formula is C19H32Cl2FN3O. The smallest absolute Gasteiger partial charge is 0.251 e. The largest absolute Gasteiger partial charge is 0.352 e. The Morgan fingerprint density at radius 2 is 1.58 bits per heavy atom. The Labute approximate surface area is 168 Å². The molecule has 0 radical (unpaired) electrons. The van der Waals surface area contributed by atoms with Crippen molar-refractivity contribution in [3.63, 3.8) is 0 Å². The van der Waals surface area contributed by atoms with Crippen molar-refractivity contribution in [1.82, 2.24) is 16.0 Å². The highest BCUT2D eigenvalue weighted by Gasteiger charge is 2.11. The van der Waals surface area contributed by atoms with Gasteiger partial charge in [0.1, 0.15) is 5.82 Å². The Bertz CT molecular complexity index is 482. The summed E-state index contributed by atoms with van der Waals surface area (Å²) in [5.74, 6) is -0.463. The number of benzene rings is 1. The van der Waals surface area contributed by atoms with Gasteiger partial charge in [0.15, 0.2) is 0 Å². The average Bonchev–Trinajstić information content (AvgIpc) is 2.61. The molecule has 0 atom stereocenters. The molecule has 0 heterocycles. The molecule has 4 nitrogen and oxygen atoms in total. The number of amides is 1. The summed E-state index contributed by atoms with van der Waals surface area (Å²) in [5.41, 5.74) is 0.503. The highest BCUT2D eigenvalue weighted by molar-refractivity contribution is 5.94. The molecule has 3 N–H and O–H groups in total. The first-order valence-corrected chi connectivity index (χ1v) is 9.23. The number of hydrogen-bond acceptors (Lipinski definition) is 3. The summed E-state index contributed by atoms with van der Waals surface area (Å²) < 4.78 is 12.8. The molecule has 0 aliphatic heterocycles. The first-order chi connectivity index (χ1) is 11.8. The van der Waals surface area contributed by atoms with Crippen LogP contribution in [0.4, 0.5) is 4.39 Å². The van der Waals surface area contributed by atoms with Gasteiger partial charge in [0.2, 0.25) is 0 Å². The van der Waals surface area contributed by atoms with Gasteiger partial charge >= 0.3 is 0 Å². The Balaban J connectivity index is 0.00000312. The minimum atomic E-state index is -0.324. The normalized spacial score (nSPS) is 14.2. The fraction of sp³-hybridized carbons (Fsp3) is 0.632. The van der Waals surface area contributed by atoms with Gasteiger partial charge in [-0.25, -0.2) is 4.39 Å². The SMILES string of the molecule is Cl.Cl.O=C(NCCCCNCCNC1CCCCC1)c1ccc(F)cc1. The van der Waals surface area contributed by atoms with E-state index in [1.165, 1.54) is 56.4 Å². The first-order valence-electron chi connectivity index (χ1n) is 9.23. The summed E-state index contributed by atoms with van der Waals surface area (Å²) in [6.45, 7) is 3.65. The summed E-state index contributed by atoms with van der Waals surface area (Å²) in [4.78, 5) is 11.8. The van der Waals surface area contributed by atoms with Crippen molar-refractivity contribution in [3.8, 4) is 0 Å². The number of carbonyl (C=O) groups excluding carboxylic acids is 1. The molecule has 1 aliphatic rings. The van der Waals surface area contributed by atoms with Gasteiger partial charge in [-0.1, -0.05) is 19.3 Å². The third kappa shape index (κ3) is 10.3. The van der Waals surface area contributed by atoms with E-state index in [0.29, 0.717) is 12.1 Å². The van der Waals surface area contributed by atoms with E-state index in [2.05, 4.69) is 16.0 Å². The zero-order chi connectivity index (χ0) is 17.0. The van der Waals surface area contributed by atoms with Crippen LogP contribution in [0.1, 0.15) is 55.3 Å². The number of halogens is 3. The van der Waals surface area contributed by atoms with Gasteiger partial charge in [-0.2, -0.15) is 0 Å². The van der Waals surface area contributed by atoms with E-state index in [1.54, 1.807) is 0 Å². The van der Waals surface area contributed by atoms with Gasteiger partial charge in [0.25, 0.3) is 5.91 Å². The predicted molar refractivity (Wildman–Crippen MR) is 110 cm³/mol. The van der Waals surface area contributed by atoms with E-state index < -0.39 is 0 Å². The Morgan fingerprint density at radius 1 is 0.923 bits per heavy atom. The van der Waals surface area contributed by atoms with Crippen molar-refractivity contribution in [2.45, 2.75) is 51.0 Å². The van der Waals surface area contributed by atoms with E-state index in [-0.39, 0.29) is 36.5 Å². The molecule has 0 bridgehead atoms. The number of nitrogens with one attached hydrogen (secondary N) is 3. The number of carbonyl (C=O) groups is 1. The zero-order valence-electron chi connectivity index (χ0n) is 15.3. The lowest BCUT2D eigenvalue weighted by Crippen LogP contribution is -2.36. The Hall–Kier alpha value is -0.880. The van der Waals surface area contributed by atoms with Gasteiger partial charge in [-0.3, -0.25) is 4.79 Å². The third-order valence-electron chi connectivity index (χ3n) is 4.51. The van der Waals surface area contributed by atoms with Gasteiger partial charge in [-0.15, -0.1) is 24.8 Å². The summed E-state index contributed by atoms with van der Waals surface area (Å²) in [6, 6.07) is 6.35. The van der Waals surface area contributed by atoms with Crippen molar-refractivity contribution in [1.29, 1.82) is 0 Å². The molecule has 2 rings (SSSR count). The van der Waals surface area contributed by atoms with Gasteiger partial charge in [0, 0.05) is 31.2 Å². The van der Waals surface area contributed by atoms with Crippen molar-refractivity contribution < 1.29 is 9.18 Å². The monoisotopic (exact) mass is 407 g/mol. The lowest BCUT2D eigenvalue weighted by molar-refractivity contribution is 0.0953. The van der Waals surface area contributed by atoms with Crippen LogP contribution in [0.2, 0.25) is 0 Å². The van der Waals surface area contributed by atoms with Crippen LogP contribution in [0.5, 0.6) is 0 Å². The van der Waals surface area contributed by atoms with Crippen molar-refractivity contribution in [3.05, 3.63) is 35.6 Å². The molecule has 7 heteroatoms. The molecule has 1 aromatic carbocycles. The molecule has 1 aromatic rings. The average molecular weight is 408 g/mol. The Morgan fingerprint density at radius 3 is 2.27 bits per heavy atom. The van der Waals surface area contributed by atoms with Crippen molar-refractivity contribution in [2.24, 2.45) is 0 Å². The van der Waals surface area contributed by atoms with E-state index in [9.17, 15) is 9.18 Å². The number of hydrogen-bond donors (Lipinski definition) is 3. The second-order valence-corrected chi connectivity index (χ2v) is 6.51. The number of rotatable bonds is 10. The molecule has 1 aliphatic carbocycles. The molecule has 0 spiro atoms. The van der Waals surface area contributed by atoms with E-state index >= 15 is 0 Å². The molecular weight excluding hydrogens is 376 g/mol. The fourth-order valence-electron chi connectivity index (χ4n) is 3.08. The molecule has 0 saturated heterocycles. The van der Waals surface area contributed by atoms with Crippen LogP contribution < -0.4 is 16.0 Å². The van der Waals surface area contributed by atoms with Crippen LogP contribution in [0.3, 0.4) is 0 Å². The summed E-state index contributed by atoms with van der Waals surface area (Å²) in [6.07, 6.45) is 8.77. The topological polar surface area (TPSA) is 53.2 Å². The summed E-state index contributed by atoms with van der Waals surface area (Å²) in [5, 5.41) is 9.91. The van der Waals surface area contributed by atoms with E-state index in [1.807, 2.05) is 0 Å². The highest BCUT2D eigenvalue weighted by Crippen LogP contribution is 2.16. The molecule has 0 aromatic heterocycles. The molecule has 26 heavy (non-hydrogen) atoms. The maximum Gasteiger partial charge on any atom is 0.251 e. The van der Waals surface area contributed by atoms with Crippen molar-refractivity contribution >= 4 is 30.7 Å². The second-order valence-electron chi connectivity index (χ2n) is 6.51. The van der Waals surface area contributed by atoms with Crippen LogP contribution in [-0.4, -0.2) is 38.1 Å². The quantitative estimate of drug-likeness (QED) is 0.518. The summed E-state index contributed by atoms with van der Waals surface area (Å²) >= 11 is 0. The maximum absolute atomic E-state index is 12.8. The zero-order valence-corrected chi connectivity index (χ0v) is 16.9. The lowest BCUT2D eigenvalue weighted by Gasteiger charge is -2.22. The van der Waals surface area contributed by atoms with Gasteiger partial charge in [-0.05, 0) is 56.5 Å². The molecule has 1 saturated carbocycles. The van der Waals surface area contributed by atoms with E-state index in [4.69, 9.17) is 0 Å². The van der Waals surface area contributed by atoms with Gasteiger partial charge in [0.05, 0.1) is 0 Å². The second kappa shape index (κ2) is 15.2.